The van der Waals surface area contributed by atoms with Gasteiger partial charge >= 0.3 is 0 Å². The lowest BCUT2D eigenvalue weighted by Crippen LogP contribution is -1.96. The summed E-state index contributed by atoms with van der Waals surface area (Å²) >= 11 is 0. The van der Waals surface area contributed by atoms with Gasteiger partial charge in [0.15, 0.2) is 0 Å². The molecule has 0 spiro atoms. The molecule has 3 heteroatoms. The van der Waals surface area contributed by atoms with Crippen molar-refractivity contribution in [2.75, 3.05) is 0 Å². The molecule has 0 saturated heterocycles. The molecule has 0 aliphatic rings. The zero-order chi connectivity index (χ0) is 20.3. The first-order valence-corrected chi connectivity index (χ1v) is 9.67. The van der Waals surface area contributed by atoms with E-state index in [0.29, 0.717) is 28.5 Å². The Kier molecular flexibility index (Phi) is 5.84. The van der Waals surface area contributed by atoms with Crippen molar-refractivity contribution in [1.82, 2.24) is 0 Å². The fourth-order valence-electron chi connectivity index (χ4n) is 3.38. The zero-order valence-electron chi connectivity index (χ0n) is 16.8. The van der Waals surface area contributed by atoms with Gasteiger partial charge in [-0.2, -0.15) is 0 Å². The van der Waals surface area contributed by atoms with Crippen LogP contribution in [0.15, 0.2) is 65.7 Å². The van der Waals surface area contributed by atoms with Gasteiger partial charge in [-0.3, -0.25) is 4.99 Å². The monoisotopic (exact) mass is 373 g/mol. The minimum absolute atomic E-state index is 0.112. The van der Waals surface area contributed by atoms with E-state index in [1.165, 1.54) is 11.1 Å². The second-order valence-corrected chi connectivity index (χ2v) is 7.61. The van der Waals surface area contributed by atoms with Gasteiger partial charge in [0.2, 0.25) is 0 Å². The summed E-state index contributed by atoms with van der Waals surface area (Å²) in [6.07, 6.45) is 1.71. The van der Waals surface area contributed by atoms with Crippen LogP contribution < -0.4 is 0 Å². The van der Waals surface area contributed by atoms with E-state index in [2.05, 4.69) is 45.9 Å². The van der Waals surface area contributed by atoms with Gasteiger partial charge in [-0.15, -0.1) is 0 Å². The molecular formula is C25H27NO2. The average molecular weight is 373 g/mol. The summed E-state index contributed by atoms with van der Waals surface area (Å²) in [7, 11) is 0. The number of rotatable bonds is 5. The van der Waals surface area contributed by atoms with Crippen molar-refractivity contribution in [2.24, 2.45) is 4.99 Å². The third kappa shape index (κ3) is 3.94. The van der Waals surface area contributed by atoms with Crippen LogP contribution in [0.3, 0.4) is 0 Å². The van der Waals surface area contributed by atoms with E-state index in [-0.39, 0.29) is 11.5 Å². The molecule has 0 unspecified atom stereocenters. The Morgan fingerprint density at radius 3 is 1.89 bits per heavy atom. The Morgan fingerprint density at radius 1 is 0.714 bits per heavy atom. The highest BCUT2D eigenvalue weighted by Crippen LogP contribution is 2.38. The molecule has 3 aromatic carbocycles. The van der Waals surface area contributed by atoms with Crippen molar-refractivity contribution in [1.29, 1.82) is 0 Å². The lowest BCUT2D eigenvalue weighted by atomic mass is 9.93. The molecule has 3 rings (SSSR count). The van der Waals surface area contributed by atoms with Crippen molar-refractivity contribution in [3.05, 3.63) is 77.4 Å². The third-order valence-corrected chi connectivity index (χ3v) is 4.94. The second-order valence-electron chi connectivity index (χ2n) is 7.61. The number of aromatic hydroxyl groups is 2. The predicted molar refractivity (Wildman–Crippen MR) is 117 cm³/mol. The standard InChI is InChI=1S/C25H27NO2/c1-16(2)19-11-8-12-20(17(3)4)24(19)26-15-18-9-7-13-22(25(18)28)21-10-5-6-14-23(21)27/h5-17,27-28H,1-4H3. The number of benzene rings is 3. The highest BCUT2D eigenvalue weighted by atomic mass is 16.3. The quantitative estimate of drug-likeness (QED) is 0.485. The van der Waals surface area contributed by atoms with Gasteiger partial charge in [0.05, 0.1) is 5.69 Å². The van der Waals surface area contributed by atoms with Crippen LogP contribution >= 0.6 is 0 Å². The van der Waals surface area contributed by atoms with Gasteiger partial charge in [-0.25, -0.2) is 0 Å². The maximum absolute atomic E-state index is 10.8. The maximum Gasteiger partial charge on any atom is 0.132 e. The normalized spacial score (nSPS) is 11.6. The molecule has 0 fully saturated rings. The van der Waals surface area contributed by atoms with Crippen LogP contribution in [0.5, 0.6) is 11.5 Å². The fraction of sp³-hybridized carbons (Fsp3) is 0.240. The molecule has 0 aliphatic heterocycles. The van der Waals surface area contributed by atoms with E-state index < -0.39 is 0 Å². The number of hydrogen-bond acceptors (Lipinski definition) is 3. The summed E-state index contributed by atoms with van der Waals surface area (Å²) in [4.78, 5) is 4.79. The van der Waals surface area contributed by atoms with Crippen LogP contribution in [0.4, 0.5) is 5.69 Å². The van der Waals surface area contributed by atoms with E-state index in [4.69, 9.17) is 4.99 Å². The van der Waals surface area contributed by atoms with Crippen LogP contribution in [-0.2, 0) is 0 Å². The maximum atomic E-state index is 10.8. The molecule has 0 saturated carbocycles. The van der Waals surface area contributed by atoms with Gasteiger partial charge in [-0.05, 0) is 35.1 Å². The highest BCUT2D eigenvalue weighted by Gasteiger charge is 2.14. The molecule has 0 radical (unpaired) electrons. The van der Waals surface area contributed by atoms with Crippen LogP contribution in [-0.4, -0.2) is 16.4 Å². The minimum Gasteiger partial charge on any atom is -0.507 e. The van der Waals surface area contributed by atoms with Crippen LogP contribution in [0.2, 0.25) is 0 Å². The number of aliphatic imine (C=N–C) groups is 1. The smallest absolute Gasteiger partial charge is 0.132 e. The largest absolute Gasteiger partial charge is 0.507 e. The number of phenols is 2. The Hall–Kier alpha value is -3.07. The minimum atomic E-state index is 0.112. The summed E-state index contributed by atoms with van der Waals surface area (Å²) in [6, 6.07) is 18.8. The molecule has 3 nitrogen and oxygen atoms in total. The number of nitrogens with zero attached hydrogens (tertiary/aromatic N) is 1. The van der Waals surface area contributed by atoms with Gasteiger partial charge in [0.1, 0.15) is 11.5 Å². The van der Waals surface area contributed by atoms with Crippen LogP contribution in [0.25, 0.3) is 11.1 Å². The predicted octanol–water partition coefficient (Wildman–Crippen LogP) is 6.76. The van der Waals surface area contributed by atoms with Crippen molar-refractivity contribution in [3.63, 3.8) is 0 Å². The topological polar surface area (TPSA) is 52.8 Å². The molecule has 0 heterocycles. The molecule has 144 valence electrons. The summed E-state index contributed by atoms with van der Waals surface area (Å²) in [5.41, 5.74) is 5.16. The summed E-state index contributed by atoms with van der Waals surface area (Å²) in [5.74, 6) is 0.958. The molecule has 0 bridgehead atoms. The Balaban J connectivity index is 2.08. The van der Waals surface area contributed by atoms with Gasteiger partial charge in [-0.1, -0.05) is 76.2 Å². The first-order valence-electron chi connectivity index (χ1n) is 9.67. The summed E-state index contributed by atoms with van der Waals surface area (Å²) < 4.78 is 0. The lowest BCUT2D eigenvalue weighted by Gasteiger charge is -2.16. The Labute approximate surface area is 167 Å². The second kappa shape index (κ2) is 8.30. The molecule has 3 aromatic rings. The molecule has 0 atom stereocenters. The molecule has 28 heavy (non-hydrogen) atoms. The van der Waals surface area contributed by atoms with Gasteiger partial charge in [0.25, 0.3) is 0 Å². The fourth-order valence-corrected chi connectivity index (χ4v) is 3.38. The van der Waals surface area contributed by atoms with E-state index in [0.717, 1.165) is 5.69 Å². The number of hydrogen-bond donors (Lipinski definition) is 2. The third-order valence-electron chi connectivity index (χ3n) is 4.94. The van der Waals surface area contributed by atoms with Gasteiger partial charge < -0.3 is 10.2 Å². The average Bonchev–Trinajstić information content (AvgIpc) is 2.67. The van der Waals surface area contributed by atoms with Crippen molar-refractivity contribution in [3.8, 4) is 22.6 Å². The SMILES string of the molecule is CC(C)c1cccc(C(C)C)c1N=Cc1cccc(-c2ccccc2O)c1O. The van der Waals surface area contributed by atoms with E-state index in [1.807, 2.05) is 18.2 Å². The highest BCUT2D eigenvalue weighted by molar-refractivity contribution is 5.91. The lowest BCUT2D eigenvalue weighted by molar-refractivity contribution is 0.468. The first kappa shape index (κ1) is 19.7. The van der Waals surface area contributed by atoms with Crippen LogP contribution in [0, 0.1) is 0 Å². The first-order chi connectivity index (χ1) is 13.4. The molecule has 2 N–H and O–H groups in total. The van der Waals surface area contributed by atoms with E-state index in [9.17, 15) is 10.2 Å². The van der Waals surface area contributed by atoms with E-state index >= 15 is 0 Å². The van der Waals surface area contributed by atoms with Crippen molar-refractivity contribution < 1.29 is 10.2 Å². The number of para-hydroxylation sites is 3. The summed E-state index contributed by atoms with van der Waals surface area (Å²) in [5, 5.41) is 20.9. The van der Waals surface area contributed by atoms with Crippen LogP contribution in [0.1, 0.15) is 56.2 Å². The Morgan fingerprint density at radius 2 is 1.29 bits per heavy atom. The number of phenolic OH excluding ortho intramolecular Hbond substituents is 2. The van der Waals surface area contributed by atoms with Crippen molar-refractivity contribution >= 4 is 11.9 Å². The van der Waals surface area contributed by atoms with Gasteiger partial charge in [0, 0.05) is 22.9 Å². The van der Waals surface area contributed by atoms with Crippen molar-refractivity contribution in [2.45, 2.75) is 39.5 Å². The zero-order valence-corrected chi connectivity index (χ0v) is 16.8. The van der Waals surface area contributed by atoms with E-state index in [1.54, 1.807) is 30.5 Å². The molecule has 0 aliphatic carbocycles. The molecule has 0 amide bonds. The summed E-state index contributed by atoms with van der Waals surface area (Å²) in [6.45, 7) is 8.65. The molecule has 0 aromatic heterocycles. The Bertz CT molecular complexity index is 977. The molecular weight excluding hydrogens is 346 g/mol.